The molecular weight excluding hydrogens is 335 g/mol. The third kappa shape index (κ3) is 6.74. The van der Waals surface area contributed by atoms with E-state index in [4.69, 9.17) is 0 Å². The molecule has 0 saturated heterocycles. The van der Waals surface area contributed by atoms with Crippen LogP contribution in [0.2, 0.25) is 0 Å². The van der Waals surface area contributed by atoms with Gasteiger partial charge in [-0.2, -0.15) is 0 Å². The molecule has 1 nitrogen and oxygen atoms in total. The molecule has 1 aromatic carbocycles. The van der Waals surface area contributed by atoms with Gasteiger partial charge in [-0.05, 0) is 70.9 Å². The Bertz CT molecular complexity index is 350. The smallest absolute Gasteiger partial charge is 0.0583 e. The summed E-state index contributed by atoms with van der Waals surface area (Å²) in [6.45, 7) is 9.02. The molecular formula is C16H25IO. The van der Waals surface area contributed by atoms with Crippen LogP contribution in [0.1, 0.15) is 46.1 Å². The van der Waals surface area contributed by atoms with Gasteiger partial charge in [0.25, 0.3) is 0 Å². The number of aliphatic hydroxyl groups is 1. The number of rotatable bonds is 5. The fourth-order valence-corrected chi connectivity index (χ4v) is 2.93. The second kappa shape index (κ2) is 6.90. The van der Waals surface area contributed by atoms with Gasteiger partial charge in [-0.1, -0.05) is 39.8 Å². The highest BCUT2D eigenvalue weighted by Gasteiger charge is 2.18. The molecule has 0 spiro atoms. The van der Waals surface area contributed by atoms with Crippen molar-refractivity contribution in [3.05, 3.63) is 33.4 Å². The highest BCUT2D eigenvalue weighted by atomic mass is 127. The lowest BCUT2D eigenvalue weighted by Crippen LogP contribution is -2.18. The van der Waals surface area contributed by atoms with Crippen LogP contribution in [-0.4, -0.2) is 11.2 Å². The third-order valence-corrected chi connectivity index (χ3v) is 3.74. The SMILES string of the molecule is CC(CC(O)Cc1ccc(I)cc1)CC(C)(C)C. The summed E-state index contributed by atoms with van der Waals surface area (Å²) < 4.78 is 1.24. The summed E-state index contributed by atoms with van der Waals surface area (Å²) in [5, 5.41) is 10.1. The average molecular weight is 360 g/mol. The lowest BCUT2D eigenvalue weighted by atomic mass is 9.83. The summed E-state index contributed by atoms with van der Waals surface area (Å²) in [5.41, 5.74) is 1.58. The standard InChI is InChI=1S/C16H25IO/c1-12(11-16(2,3)4)9-15(18)10-13-5-7-14(17)8-6-13/h5-8,12,15,18H,9-11H2,1-4H3. The third-order valence-electron chi connectivity index (χ3n) is 3.02. The monoisotopic (exact) mass is 360 g/mol. The molecule has 1 rings (SSSR count). The molecule has 2 unspecified atom stereocenters. The highest BCUT2D eigenvalue weighted by molar-refractivity contribution is 14.1. The van der Waals surface area contributed by atoms with Crippen LogP contribution in [0.4, 0.5) is 0 Å². The number of hydrogen-bond donors (Lipinski definition) is 1. The van der Waals surface area contributed by atoms with Gasteiger partial charge < -0.3 is 5.11 Å². The van der Waals surface area contributed by atoms with Crippen LogP contribution in [0.25, 0.3) is 0 Å². The van der Waals surface area contributed by atoms with E-state index in [2.05, 4.69) is 74.6 Å². The van der Waals surface area contributed by atoms with E-state index in [9.17, 15) is 5.11 Å². The zero-order valence-corrected chi connectivity index (χ0v) is 14.1. The summed E-state index contributed by atoms with van der Waals surface area (Å²) in [7, 11) is 0. The van der Waals surface area contributed by atoms with E-state index < -0.39 is 0 Å². The molecule has 0 saturated carbocycles. The molecule has 0 amide bonds. The molecule has 18 heavy (non-hydrogen) atoms. The van der Waals surface area contributed by atoms with Gasteiger partial charge in [0.15, 0.2) is 0 Å². The zero-order valence-electron chi connectivity index (χ0n) is 11.9. The van der Waals surface area contributed by atoms with Gasteiger partial charge in [-0.3, -0.25) is 0 Å². The maximum Gasteiger partial charge on any atom is 0.0583 e. The van der Waals surface area contributed by atoms with E-state index in [1.165, 1.54) is 9.13 Å². The van der Waals surface area contributed by atoms with Gasteiger partial charge in [0.05, 0.1) is 6.10 Å². The Kier molecular flexibility index (Phi) is 6.12. The number of hydrogen-bond acceptors (Lipinski definition) is 1. The Morgan fingerprint density at radius 2 is 1.72 bits per heavy atom. The van der Waals surface area contributed by atoms with Crippen molar-refractivity contribution in [3.8, 4) is 0 Å². The first-order valence-electron chi connectivity index (χ1n) is 6.69. The number of aliphatic hydroxyl groups excluding tert-OH is 1. The molecule has 0 bridgehead atoms. The minimum Gasteiger partial charge on any atom is -0.393 e. The zero-order chi connectivity index (χ0) is 13.8. The first kappa shape index (κ1) is 16.0. The van der Waals surface area contributed by atoms with Gasteiger partial charge in [-0.15, -0.1) is 0 Å². The first-order valence-corrected chi connectivity index (χ1v) is 7.76. The minimum absolute atomic E-state index is 0.220. The molecule has 1 N–H and O–H groups in total. The van der Waals surface area contributed by atoms with Crippen LogP contribution in [-0.2, 0) is 6.42 Å². The highest BCUT2D eigenvalue weighted by Crippen LogP contribution is 2.27. The second-order valence-electron chi connectivity index (χ2n) is 6.59. The van der Waals surface area contributed by atoms with Crippen molar-refractivity contribution in [3.63, 3.8) is 0 Å². The van der Waals surface area contributed by atoms with Crippen molar-refractivity contribution in [1.29, 1.82) is 0 Å². The molecule has 0 aromatic heterocycles. The lowest BCUT2D eigenvalue weighted by molar-refractivity contribution is 0.133. The first-order chi connectivity index (χ1) is 8.26. The van der Waals surface area contributed by atoms with Crippen molar-refractivity contribution in [2.75, 3.05) is 0 Å². The summed E-state index contributed by atoms with van der Waals surface area (Å²) in [5.74, 6) is 0.573. The van der Waals surface area contributed by atoms with Crippen LogP contribution < -0.4 is 0 Å². The van der Waals surface area contributed by atoms with E-state index in [0.717, 1.165) is 19.3 Å². The van der Waals surface area contributed by atoms with Gasteiger partial charge >= 0.3 is 0 Å². The predicted molar refractivity (Wildman–Crippen MR) is 86.7 cm³/mol. The van der Waals surface area contributed by atoms with Crippen molar-refractivity contribution in [2.45, 2.75) is 53.1 Å². The van der Waals surface area contributed by atoms with E-state index in [1.807, 2.05) is 0 Å². The second-order valence-corrected chi connectivity index (χ2v) is 7.84. The molecule has 0 aliphatic carbocycles. The van der Waals surface area contributed by atoms with E-state index >= 15 is 0 Å². The molecule has 1 aromatic rings. The Labute approximate surface area is 125 Å². The maximum absolute atomic E-state index is 10.1. The topological polar surface area (TPSA) is 20.2 Å². The predicted octanol–water partition coefficient (Wildman–Crippen LogP) is 4.66. The van der Waals surface area contributed by atoms with E-state index in [-0.39, 0.29) is 6.10 Å². The molecule has 2 heteroatoms. The summed E-state index contributed by atoms with van der Waals surface area (Å²) in [6.07, 6.45) is 2.60. The van der Waals surface area contributed by atoms with E-state index in [1.54, 1.807) is 0 Å². The Hall–Kier alpha value is -0.0900. The number of halogens is 1. The Morgan fingerprint density at radius 3 is 2.22 bits per heavy atom. The summed E-state index contributed by atoms with van der Waals surface area (Å²) in [4.78, 5) is 0. The number of benzene rings is 1. The summed E-state index contributed by atoms with van der Waals surface area (Å²) >= 11 is 2.30. The fraction of sp³-hybridized carbons (Fsp3) is 0.625. The molecule has 0 radical (unpaired) electrons. The van der Waals surface area contributed by atoms with Crippen molar-refractivity contribution < 1.29 is 5.11 Å². The largest absolute Gasteiger partial charge is 0.393 e. The van der Waals surface area contributed by atoms with Gasteiger partial charge in [0.2, 0.25) is 0 Å². The maximum atomic E-state index is 10.1. The van der Waals surface area contributed by atoms with Crippen molar-refractivity contribution >= 4 is 22.6 Å². The minimum atomic E-state index is -0.220. The van der Waals surface area contributed by atoms with Crippen LogP contribution in [0.5, 0.6) is 0 Å². The van der Waals surface area contributed by atoms with Gasteiger partial charge in [-0.25, -0.2) is 0 Å². The molecule has 0 aliphatic heterocycles. The van der Waals surface area contributed by atoms with Gasteiger partial charge in [0.1, 0.15) is 0 Å². The van der Waals surface area contributed by atoms with E-state index in [0.29, 0.717) is 11.3 Å². The molecule has 102 valence electrons. The normalized spacial score (nSPS) is 15.4. The van der Waals surface area contributed by atoms with Crippen LogP contribution in [0, 0.1) is 14.9 Å². The molecule has 2 atom stereocenters. The molecule has 0 aliphatic rings. The molecule has 0 heterocycles. The Morgan fingerprint density at radius 1 is 1.17 bits per heavy atom. The van der Waals surface area contributed by atoms with Gasteiger partial charge in [0, 0.05) is 3.57 Å². The molecule has 0 fully saturated rings. The average Bonchev–Trinajstić information content (AvgIpc) is 2.18. The van der Waals surface area contributed by atoms with Crippen molar-refractivity contribution in [1.82, 2.24) is 0 Å². The van der Waals surface area contributed by atoms with Crippen molar-refractivity contribution in [2.24, 2.45) is 11.3 Å². The Balaban J connectivity index is 2.41. The van der Waals surface area contributed by atoms with Crippen LogP contribution in [0.3, 0.4) is 0 Å². The summed E-state index contributed by atoms with van der Waals surface area (Å²) in [6, 6.07) is 8.42. The van der Waals surface area contributed by atoms with Crippen LogP contribution >= 0.6 is 22.6 Å². The lowest BCUT2D eigenvalue weighted by Gasteiger charge is -2.24. The fourth-order valence-electron chi connectivity index (χ4n) is 2.57. The quantitative estimate of drug-likeness (QED) is 0.758. The van der Waals surface area contributed by atoms with Crippen LogP contribution in [0.15, 0.2) is 24.3 Å².